The van der Waals surface area contributed by atoms with Gasteiger partial charge in [-0.1, -0.05) is 54.6 Å². The molecule has 0 radical (unpaired) electrons. The van der Waals surface area contributed by atoms with Crippen molar-refractivity contribution in [3.63, 3.8) is 0 Å². The van der Waals surface area contributed by atoms with Crippen molar-refractivity contribution in [2.75, 3.05) is 6.61 Å². The molecule has 3 aromatic rings. The van der Waals surface area contributed by atoms with Crippen LogP contribution in [-0.2, 0) is 22.6 Å². The fourth-order valence-electron chi connectivity index (χ4n) is 3.88. The zero-order valence-corrected chi connectivity index (χ0v) is 21.7. The van der Waals surface area contributed by atoms with Crippen LogP contribution in [0, 0.1) is 19.7 Å². The van der Waals surface area contributed by atoms with E-state index in [0.717, 1.165) is 22.3 Å². The van der Waals surface area contributed by atoms with Crippen molar-refractivity contribution in [1.82, 2.24) is 10.2 Å². The van der Waals surface area contributed by atoms with Gasteiger partial charge in [0.1, 0.15) is 17.6 Å². The van der Waals surface area contributed by atoms with Gasteiger partial charge in [-0.05, 0) is 75.1 Å². The Hall–Kier alpha value is -3.67. The third-order valence-corrected chi connectivity index (χ3v) is 5.73. The number of carbonyl (C=O) groups excluding carboxylic acids is 2. The molecule has 0 aliphatic carbocycles. The van der Waals surface area contributed by atoms with Gasteiger partial charge in [-0.25, -0.2) is 4.39 Å². The molecule has 0 saturated heterocycles. The molecule has 1 atom stereocenters. The van der Waals surface area contributed by atoms with Crippen LogP contribution in [0.5, 0.6) is 5.75 Å². The summed E-state index contributed by atoms with van der Waals surface area (Å²) in [6.07, 6.45) is 0.333. The van der Waals surface area contributed by atoms with Crippen molar-refractivity contribution in [2.45, 2.75) is 59.2 Å². The Kier molecular flexibility index (Phi) is 8.86. The van der Waals surface area contributed by atoms with Crippen LogP contribution < -0.4 is 10.1 Å². The molecule has 2 amide bonds. The molecule has 1 N–H and O–H groups in total. The first-order chi connectivity index (χ1) is 17.0. The highest BCUT2D eigenvalue weighted by Crippen LogP contribution is 2.21. The summed E-state index contributed by atoms with van der Waals surface area (Å²) >= 11 is 0. The normalized spacial score (nSPS) is 12.1. The van der Waals surface area contributed by atoms with E-state index in [1.807, 2.05) is 83.1 Å². The van der Waals surface area contributed by atoms with Gasteiger partial charge in [0.25, 0.3) is 5.91 Å². The van der Waals surface area contributed by atoms with Gasteiger partial charge in [-0.15, -0.1) is 0 Å². The summed E-state index contributed by atoms with van der Waals surface area (Å²) < 4.78 is 19.5. The molecule has 0 spiro atoms. The maximum Gasteiger partial charge on any atom is 0.261 e. The second kappa shape index (κ2) is 11.8. The van der Waals surface area contributed by atoms with Crippen molar-refractivity contribution in [3.05, 3.63) is 101 Å². The Balaban J connectivity index is 1.94. The molecule has 0 saturated carbocycles. The topological polar surface area (TPSA) is 58.6 Å². The van der Waals surface area contributed by atoms with Gasteiger partial charge in [-0.3, -0.25) is 9.59 Å². The Bertz CT molecular complexity index is 1170. The molecule has 0 bridgehead atoms. The fraction of sp³-hybridized carbons (Fsp3) is 0.333. The van der Waals surface area contributed by atoms with Crippen molar-refractivity contribution >= 4 is 11.8 Å². The van der Waals surface area contributed by atoms with Crippen molar-refractivity contribution in [2.24, 2.45) is 0 Å². The van der Waals surface area contributed by atoms with Crippen LogP contribution in [0.2, 0.25) is 0 Å². The largest absolute Gasteiger partial charge is 0.483 e. The van der Waals surface area contributed by atoms with E-state index >= 15 is 0 Å². The predicted octanol–water partition coefficient (Wildman–Crippen LogP) is 5.38. The van der Waals surface area contributed by atoms with Gasteiger partial charge < -0.3 is 15.0 Å². The van der Waals surface area contributed by atoms with Crippen LogP contribution in [-0.4, -0.2) is 34.9 Å². The van der Waals surface area contributed by atoms with Crippen LogP contribution in [0.25, 0.3) is 0 Å². The molecule has 0 fully saturated rings. The number of carbonyl (C=O) groups is 2. The summed E-state index contributed by atoms with van der Waals surface area (Å²) in [6, 6.07) is 20.6. The lowest BCUT2D eigenvalue weighted by Gasteiger charge is -2.33. The third kappa shape index (κ3) is 7.94. The van der Waals surface area contributed by atoms with Gasteiger partial charge in [0.05, 0.1) is 0 Å². The Morgan fingerprint density at radius 2 is 1.61 bits per heavy atom. The average Bonchev–Trinajstić information content (AvgIpc) is 2.82. The van der Waals surface area contributed by atoms with E-state index in [0.29, 0.717) is 12.2 Å². The van der Waals surface area contributed by atoms with Gasteiger partial charge in [-0.2, -0.15) is 0 Å². The number of halogens is 1. The summed E-state index contributed by atoms with van der Waals surface area (Å²) in [5.41, 5.74) is 3.12. The minimum absolute atomic E-state index is 0.143. The van der Waals surface area contributed by atoms with Gasteiger partial charge in [0.15, 0.2) is 6.61 Å². The second-order valence-electron chi connectivity index (χ2n) is 10.2. The van der Waals surface area contributed by atoms with E-state index in [2.05, 4.69) is 5.32 Å². The molecular formula is C30H35FN2O3. The highest BCUT2D eigenvalue weighted by atomic mass is 19.1. The van der Waals surface area contributed by atoms with E-state index in [4.69, 9.17) is 4.74 Å². The lowest BCUT2D eigenvalue weighted by Crippen LogP contribution is -2.55. The number of ether oxygens (including phenoxy) is 1. The second-order valence-corrected chi connectivity index (χ2v) is 10.2. The zero-order chi connectivity index (χ0) is 26.3. The molecule has 1 unspecified atom stereocenters. The van der Waals surface area contributed by atoms with Crippen LogP contribution in [0.4, 0.5) is 4.39 Å². The number of rotatable bonds is 9. The van der Waals surface area contributed by atoms with Crippen LogP contribution in [0.15, 0.2) is 72.8 Å². The van der Waals surface area contributed by atoms with Gasteiger partial charge in [0, 0.05) is 18.5 Å². The number of benzene rings is 3. The van der Waals surface area contributed by atoms with Gasteiger partial charge >= 0.3 is 0 Å². The van der Waals surface area contributed by atoms with E-state index in [-0.39, 0.29) is 30.8 Å². The van der Waals surface area contributed by atoms with Crippen LogP contribution in [0.3, 0.4) is 0 Å². The summed E-state index contributed by atoms with van der Waals surface area (Å²) in [5, 5.41) is 3.03. The SMILES string of the molecule is Cc1ccc(C)c(OCC(=O)N(Cc2ccc(F)cc2)C(Cc2ccccc2)C(=O)NC(C)(C)C)c1. The summed E-state index contributed by atoms with van der Waals surface area (Å²) in [4.78, 5) is 28.7. The van der Waals surface area contributed by atoms with E-state index in [1.165, 1.54) is 17.0 Å². The molecule has 36 heavy (non-hydrogen) atoms. The average molecular weight is 491 g/mol. The molecule has 6 heteroatoms. The maximum atomic E-state index is 13.6. The van der Waals surface area contributed by atoms with E-state index in [9.17, 15) is 14.0 Å². The summed E-state index contributed by atoms with van der Waals surface area (Å²) in [7, 11) is 0. The third-order valence-electron chi connectivity index (χ3n) is 5.73. The number of aryl methyl sites for hydroxylation is 2. The molecule has 190 valence electrons. The number of nitrogens with zero attached hydrogens (tertiary/aromatic N) is 1. The Labute approximate surface area is 213 Å². The van der Waals surface area contributed by atoms with Crippen LogP contribution >= 0.6 is 0 Å². The number of amides is 2. The number of hydrogen-bond acceptors (Lipinski definition) is 3. The zero-order valence-electron chi connectivity index (χ0n) is 21.7. The van der Waals surface area contributed by atoms with Crippen molar-refractivity contribution in [3.8, 4) is 5.75 Å². The highest BCUT2D eigenvalue weighted by Gasteiger charge is 2.32. The molecular weight excluding hydrogens is 455 g/mol. The standard InChI is InChI=1S/C30H35FN2O3/c1-21-11-12-22(2)27(17-21)36-20-28(34)33(19-24-13-15-25(31)16-14-24)26(29(35)32-30(3,4)5)18-23-9-7-6-8-10-23/h6-17,26H,18-20H2,1-5H3,(H,32,35). The smallest absolute Gasteiger partial charge is 0.261 e. The highest BCUT2D eigenvalue weighted by molar-refractivity contribution is 5.89. The molecule has 5 nitrogen and oxygen atoms in total. The molecule has 3 rings (SSSR count). The first-order valence-corrected chi connectivity index (χ1v) is 12.1. The minimum atomic E-state index is -0.786. The summed E-state index contributed by atoms with van der Waals surface area (Å²) in [5.74, 6) is -0.316. The quantitative estimate of drug-likeness (QED) is 0.438. The van der Waals surface area contributed by atoms with Crippen molar-refractivity contribution < 1.29 is 18.7 Å². The molecule has 0 heterocycles. The molecule has 0 aliphatic rings. The molecule has 3 aromatic carbocycles. The number of nitrogens with one attached hydrogen (secondary N) is 1. The Morgan fingerprint density at radius 1 is 0.944 bits per heavy atom. The van der Waals surface area contributed by atoms with Crippen LogP contribution in [0.1, 0.15) is 43.0 Å². The first kappa shape index (κ1) is 26.9. The lowest BCUT2D eigenvalue weighted by atomic mass is 10.0. The number of hydrogen-bond donors (Lipinski definition) is 1. The van der Waals surface area contributed by atoms with E-state index in [1.54, 1.807) is 12.1 Å². The lowest BCUT2D eigenvalue weighted by molar-refractivity contribution is -0.143. The maximum absolute atomic E-state index is 13.6. The summed E-state index contributed by atoms with van der Waals surface area (Å²) in [6.45, 7) is 9.51. The predicted molar refractivity (Wildman–Crippen MR) is 140 cm³/mol. The molecule has 0 aliphatic heterocycles. The van der Waals surface area contributed by atoms with E-state index < -0.39 is 11.6 Å². The molecule has 0 aromatic heterocycles. The monoisotopic (exact) mass is 490 g/mol. The Morgan fingerprint density at radius 3 is 2.25 bits per heavy atom. The minimum Gasteiger partial charge on any atom is -0.483 e. The van der Waals surface area contributed by atoms with Crippen molar-refractivity contribution in [1.29, 1.82) is 0 Å². The fourth-order valence-corrected chi connectivity index (χ4v) is 3.88. The first-order valence-electron chi connectivity index (χ1n) is 12.1. The van der Waals surface area contributed by atoms with Gasteiger partial charge in [0.2, 0.25) is 5.91 Å².